The number of hydrogen-bond acceptors (Lipinski definition) is 3. The molecule has 1 aromatic carbocycles. The van der Waals surface area contributed by atoms with Crippen molar-refractivity contribution in [1.29, 1.82) is 0 Å². The van der Waals surface area contributed by atoms with Gasteiger partial charge in [-0.15, -0.1) is 0 Å². The Bertz CT molecular complexity index is 787. The summed E-state index contributed by atoms with van der Waals surface area (Å²) in [6.45, 7) is -0.297. The number of aromatic amines is 1. The number of aromatic nitrogens is 1. The van der Waals surface area contributed by atoms with Crippen LogP contribution in [0.5, 0.6) is 0 Å². The molecule has 0 saturated carbocycles. The minimum Gasteiger partial charge on any atom is -0.384 e. The average Bonchev–Trinajstić information content (AvgIpc) is 2.47. The maximum Gasteiger partial charge on any atom is 0.261 e. The Morgan fingerprint density at radius 1 is 1.38 bits per heavy atom. The van der Waals surface area contributed by atoms with Gasteiger partial charge in [0.1, 0.15) is 12.2 Å². The summed E-state index contributed by atoms with van der Waals surface area (Å²) >= 11 is 5.89. The van der Waals surface area contributed by atoms with Crippen LogP contribution in [-0.4, -0.2) is 22.6 Å². The predicted molar refractivity (Wildman–Crippen MR) is 80.4 cm³/mol. The lowest BCUT2D eigenvalue weighted by Gasteiger charge is -2.07. The second-order valence-corrected chi connectivity index (χ2v) is 4.45. The molecule has 0 unspecified atom stereocenters. The molecule has 0 saturated heterocycles. The number of H-pyrrole nitrogens is 1. The summed E-state index contributed by atoms with van der Waals surface area (Å²) in [5.74, 6) is 4.63. The van der Waals surface area contributed by atoms with Gasteiger partial charge in [0.2, 0.25) is 0 Å². The molecule has 106 valence electrons. The molecule has 1 amide bonds. The summed E-state index contributed by atoms with van der Waals surface area (Å²) in [6.07, 6.45) is 1.44. The molecule has 1 heterocycles. The fraction of sp³-hybridized carbons (Fsp3) is 0.0667. The van der Waals surface area contributed by atoms with Gasteiger partial charge in [-0.05, 0) is 30.3 Å². The molecule has 3 N–H and O–H groups in total. The molecule has 21 heavy (non-hydrogen) atoms. The molecule has 6 heteroatoms. The van der Waals surface area contributed by atoms with E-state index < -0.39 is 11.5 Å². The Morgan fingerprint density at radius 3 is 2.90 bits per heavy atom. The van der Waals surface area contributed by atoms with Gasteiger partial charge >= 0.3 is 0 Å². The van der Waals surface area contributed by atoms with Crippen LogP contribution >= 0.6 is 11.6 Å². The van der Waals surface area contributed by atoms with Crippen molar-refractivity contribution in [3.63, 3.8) is 0 Å². The van der Waals surface area contributed by atoms with Crippen LogP contribution in [0.2, 0.25) is 5.02 Å². The number of carbonyl (C=O) groups excluding carboxylic acids is 1. The van der Waals surface area contributed by atoms with E-state index in [9.17, 15) is 9.59 Å². The van der Waals surface area contributed by atoms with Crippen molar-refractivity contribution in [3.05, 3.63) is 63.0 Å². The highest BCUT2D eigenvalue weighted by Crippen LogP contribution is 2.20. The van der Waals surface area contributed by atoms with Crippen LogP contribution in [0.15, 0.2) is 41.3 Å². The number of hydrogen-bond donors (Lipinski definition) is 3. The number of aliphatic hydroxyl groups excluding tert-OH is 1. The van der Waals surface area contributed by atoms with Crippen molar-refractivity contribution in [2.75, 3.05) is 11.9 Å². The maximum atomic E-state index is 12.1. The normalized spacial score (nSPS) is 9.62. The number of rotatable bonds is 2. The number of amides is 1. The van der Waals surface area contributed by atoms with Crippen LogP contribution in [0.1, 0.15) is 15.9 Å². The number of benzene rings is 1. The quantitative estimate of drug-likeness (QED) is 0.737. The first-order chi connectivity index (χ1) is 10.1. The molecule has 5 nitrogen and oxygen atoms in total. The molecule has 1 aromatic heterocycles. The molecular formula is C15H11ClN2O3. The smallest absolute Gasteiger partial charge is 0.261 e. The number of carbonyl (C=O) groups is 1. The molecular weight excluding hydrogens is 292 g/mol. The maximum absolute atomic E-state index is 12.1. The van der Waals surface area contributed by atoms with Crippen molar-refractivity contribution < 1.29 is 9.90 Å². The molecule has 0 bridgehead atoms. The zero-order chi connectivity index (χ0) is 15.2. The second kappa shape index (κ2) is 6.75. The van der Waals surface area contributed by atoms with Crippen molar-refractivity contribution in [2.24, 2.45) is 0 Å². The lowest BCUT2D eigenvalue weighted by molar-refractivity contribution is 0.102. The molecule has 0 atom stereocenters. The molecule has 0 aliphatic rings. The number of nitrogens with one attached hydrogen (secondary N) is 2. The lowest BCUT2D eigenvalue weighted by atomic mass is 10.1. The van der Waals surface area contributed by atoms with Crippen molar-refractivity contribution >= 4 is 23.2 Å². The van der Waals surface area contributed by atoms with E-state index >= 15 is 0 Å². The summed E-state index contributed by atoms with van der Waals surface area (Å²) in [7, 11) is 0. The standard InChI is InChI=1S/C15H11ClN2O3/c16-11-6-5-10(3-2-8-19)13(9-11)18-15(21)12-4-1-7-17-14(12)20/h1,4-7,9,19H,8H2,(H,17,20)(H,18,21). The van der Waals surface area contributed by atoms with Crippen molar-refractivity contribution in [1.82, 2.24) is 4.98 Å². The van der Waals surface area contributed by atoms with Crippen LogP contribution < -0.4 is 10.9 Å². The highest BCUT2D eigenvalue weighted by molar-refractivity contribution is 6.31. The number of pyridine rings is 1. The van der Waals surface area contributed by atoms with Crippen LogP contribution in [0.4, 0.5) is 5.69 Å². The minimum absolute atomic E-state index is 0.0152. The first kappa shape index (κ1) is 14.9. The van der Waals surface area contributed by atoms with E-state index in [2.05, 4.69) is 22.1 Å². The monoisotopic (exact) mass is 302 g/mol. The van der Waals surface area contributed by atoms with E-state index in [1.165, 1.54) is 18.3 Å². The Hall–Kier alpha value is -2.55. The molecule has 0 fully saturated rings. The van der Waals surface area contributed by atoms with E-state index in [1.54, 1.807) is 18.2 Å². The summed E-state index contributed by atoms with van der Waals surface area (Å²) in [4.78, 5) is 26.1. The second-order valence-electron chi connectivity index (χ2n) is 4.02. The summed E-state index contributed by atoms with van der Waals surface area (Å²) in [5, 5.41) is 11.7. The van der Waals surface area contributed by atoms with E-state index in [0.717, 1.165) is 0 Å². The lowest BCUT2D eigenvalue weighted by Crippen LogP contribution is -2.22. The van der Waals surface area contributed by atoms with Gasteiger partial charge in [-0.25, -0.2) is 0 Å². The van der Waals surface area contributed by atoms with Gasteiger partial charge in [0.05, 0.1) is 5.69 Å². The molecule has 2 aromatic rings. The average molecular weight is 303 g/mol. The number of halogens is 1. The zero-order valence-electron chi connectivity index (χ0n) is 10.8. The molecule has 2 rings (SSSR count). The largest absolute Gasteiger partial charge is 0.384 e. The number of aliphatic hydroxyl groups is 1. The Morgan fingerprint density at radius 2 is 2.19 bits per heavy atom. The van der Waals surface area contributed by atoms with Gasteiger partial charge in [-0.3, -0.25) is 9.59 Å². The fourth-order valence-corrected chi connectivity index (χ4v) is 1.83. The zero-order valence-corrected chi connectivity index (χ0v) is 11.6. The summed E-state index contributed by atoms with van der Waals surface area (Å²) < 4.78 is 0. The first-order valence-electron chi connectivity index (χ1n) is 6.00. The van der Waals surface area contributed by atoms with Crippen LogP contribution in [0, 0.1) is 11.8 Å². The SMILES string of the molecule is O=C(Nc1cc(Cl)ccc1C#CCO)c1ccc[nH]c1=O. The van der Waals surface area contributed by atoms with Gasteiger partial charge in [-0.1, -0.05) is 23.4 Å². The van der Waals surface area contributed by atoms with Gasteiger partial charge in [0, 0.05) is 16.8 Å². The third-order valence-electron chi connectivity index (χ3n) is 2.59. The first-order valence-corrected chi connectivity index (χ1v) is 6.38. The summed E-state index contributed by atoms with van der Waals surface area (Å²) in [5.41, 5.74) is 0.365. The van der Waals surface area contributed by atoms with Crippen LogP contribution in [0.25, 0.3) is 0 Å². The molecule has 0 aliphatic carbocycles. The van der Waals surface area contributed by atoms with Gasteiger partial charge in [-0.2, -0.15) is 0 Å². The number of anilines is 1. The third-order valence-corrected chi connectivity index (χ3v) is 2.83. The predicted octanol–water partition coefficient (Wildman–Crippen LogP) is 1.62. The van der Waals surface area contributed by atoms with Gasteiger partial charge in [0.15, 0.2) is 0 Å². The van der Waals surface area contributed by atoms with Crippen LogP contribution in [0.3, 0.4) is 0 Å². The van der Waals surface area contributed by atoms with Gasteiger partial charge < -0.3 is 15.4 Å². The van der Waals surface area contributed by atoms with E-state index in [0.29, 0.717) is 16.3 Å². The van der Waals surface area contributed by atoms with Gasteiger partial charge in [0.25, 0.3) is 11.5 Å². The molecule has 0 spiro atoms. The van der Waals surface area contributed by atoms with Crippen LogP contribution in [-0.2, 0) is 0 Å². The van der Waals surface area contributed by atoms with E-state index in [4.69, 9.17) is 16.7 Å². The van der Waals surface area contributed by atoms with Crippen molar-refractivity contribution in [2.45, 2.75) is 0 Å². The molecule has 0 radical (unpaired) electrons. The Balaban J connectivity index is 2.35. The minimum atomic E-state index is -0.564. The highest BCUT2D eigenvalue weighted by atomic mass is 35.5. The highest BCUT2D eigenvalue weighted by Gasteiger charge is 2.12. The summed E-state index contributed by atoms with van der Waals surface area (Å²) in [6, 6.07) is 7.74. The van der Waals surface area contributed by atoms with E-state index in [-0.39, 0.29) is 12.2 Å². The Kier molecular flexibility index (Phi) is 4.77. The topological polar surface area (TPSA) is 82.2 Å². The van der Waals surface area contributed by atoms with Crippen molar-refractivity contribution in [3.8, 4) is 11.8 Å². The van der Waals surface area contributed by atoms with E-state index in [1.807, 2.05) is 0 Å². The molecule has 0 aliphatic heterocycles. The fourth-order valence-electron chi connectivity index (χ4n) is 1.65. The third kappa shape index (κ3) is 3.72. The Labute approximate surface area is 125 Å².